The molecule has 1 amide bonds. The lowest BCUT2D eigenvalue weighted by Gasteiger charge is -2.38. The molecule has 0 saturated carbocycles. The third-order valence-corrected chi connectivity index (χ3v) is 7.77. The van der Waals surface area contributed by atoms with Gasteiger partial charge in [0.1, 0.15) is 6.61 Å². The monoisotopic (exact) mass is 450 g/mol. The van der Waals surface area contributed by atoms with Crippen LogP contribution in [0.4, 0.5) is 0 Å². The average molecular weight is 450 g/mol. The van der Waals surface area contributed by atoms with Gasteiger partial charge < -0.3 is 19.6 Å². The number of benzene rings is 1. The number of amides is 1. The van der Waals surface area contributed by atoms with Gasteiger partial charge in [0.15, 0.2) is 5.82 Å². The zero-order chi connectivity index (χ0) is 22.7. The van der Waals surface area contributed by atoms with Crippen LogP contribution >= 0.6 is 0 Å². The fourth-order valence-electron chi connectivity index (χ4n) is 5.64. The number of tetrazole rings is 1. The molecule has 1 aromatic carbocycles. The molecule has 2 saturated heterocycles. The molecule has 1 atom stereocenters. The molecule has 1 N–H and O–H groups in total. The summed E-state index contributed by atoms with van der Waals surface area (Å²) in [4.78, 5) is 29.0. The Kier molecular flexibility index (Phi) is 4.63. The summed E-state index contributed by atoms with van der Waals surface area (Å²) in [5.74, 6) is 0.559. The number of β-amino-alcohol motifs (C(OH)–C–C–N with tert-alkyl or cyclic N) is 1. The number of likely N-dealkylation sites (tertiary alicyclic amines) is 2. The Hall–Kier alpha value is -3.11. The number of aliphatic hydroxyl groups excluding tert-OH is 1. The summed E-state index contributed by atoms with van der Waals surface area (Å²) in [6, 6.07) is 5.95. The van der Waals surface area contributed by atoms with Crippen LogP contribution in [-0.2, 0) is 20.9 Å². The Labute approximate surface area is 190 Å². The number of fused-ring (bicyclic) bond motifs is 3. The van der Waals surface area contributed by atoms with E-state index < -0.39 is 6.10 Å². The Morgan fingerprint density at radius 2 is 1.97 bits per heavy atom. The lowest BCUT2D eigenvalue weighted by Crippen LogP contribution is -2.45. The summed E-state index contributed by atoms with van der Waals surface area (Å²) >= 11 is 0. The molecule has 4 aliphatic heterocycles. The molecule has 1 aromatic heterocycles. The number of carbonyl (C=O) groups excluding carboxylic acids is 2. The van der Waals surface area contributed by atoms with Gasteiger partial charge in [0.2, 0.25) is 5.91 Å². The molecular weight excluding hydrogens is 424 g/mol. The first-order valence-electron chi connectivity index (χ1n) is 11.4. The van der Waals surface area contributed by atoms with Crippen LogP contribution in [0.25, 0.3) is 11.4 Å². The quantitative estimate of drug-likeness (QED) is 0.583. The van der Waals surface area contributed by atoms with Crippen molar-refractivity contribution in [3.63, 3.8) is 0 Å². The zero-order valence-corrected chi connectivity index (χ0v) is 18.5. The maximum absolute atomic E-state index is 13.3. The van der Waals surface area contributed by atoms with Crippen molar-refractivity contribution < 1.29 is 19.4 Å². The molecule has 6 rings (SSSR count). The molecular formula is C23H26N6O4. The van der Waals surface area contributed by atoms with Gasteiger partial charge >= 0.3 is 5.97 Å². The van der Waals surface area contributed by atoms with E-state index in [1.807, 2.05) is 18.2 Å². The van der Waals surface area contributed by atoms with Crippen LogP contribution in [0.3, 0.4) is 0 Å². The van der Waals surface area contributed by atoms with E-state index in [1.54, 1.807) is 16.5 Å². The first kappa shape index (κ1) is 20.5. The second-order valence-electron chi connectivity index (χ2n) is 9.53. The van der Waals surface area contributed by atoms with E-state index in [2.05, 4.69) is 20.4 Å². The lowest BCUT2D eigenvalue weighted by atomic mass is 9.77. The second kappa shape index (κ2) is 7.46. The van der Waals surface area contributed by atoms with Crippen LogP contribution in [0.2, 0.25) is 0 Å². The molecule has 0 bridgehead atoms. The van der Waals surface area contributed by atoms with Gasteiger partial charge in [0, 0.05) is 18.7 Å². The average Bonchev–Trinajstić information content (AvgIpc) is 3.56. The molecule has 2 fully saturated rings. The number of carbonyl (C=O) groups is 2. The SMILES string of the molecule is CC1=C(N2CCC3(CCN(CC(O)c4ccc5c(c4)Cn4nnnc4-5)CC3)C2=O)COC1=O. The van der Waals surface area contributed by atoms with Crippen LogP contribution in [0.1, 0.15) is 43.4 Å². The molecule has 1 unspecified atom stereocenters. The largest absolute Gasteiger partial charge is 0.456 e. The molecule has 0 radical (unpaired) electrons. The summed E-state index contributed by atoms with van der Waals surface area (Å²) in [6.07, 6.45) is 1.73. The number of aromatic nitrogens is 4. The highest BCUT2D eigenvalue weighted by atomic mass is 16.5. The van der Waals surface area contributed by atoms with Gasteiger partial charge in [-0.15, -0.1) is 5.10 Å². The molecule has 1 spiro atoms. The van der Waals surface area contributed by atoms with Crippen molar-refractivity contribution >= 4 is 11.9 Å². The number of hydrogen-bond acceptors (Lipinski definition) is 8. The summed E-state index contributed by atoms with van der Waals surface area (Å²) in [6.45, 7) is 5.24. The second-order valence-corrected chi connectivity index (χ2v) is 9.53. The molecule has 2 aromatic rings. The standard InChI is InChI=1S/C23H26N6O4/c1-14-18(13-33-21(14)31)28-9-6-23(22(28)32)4-7-27(8-5-23)12-19(30)15-2-3-17-16(10-15)11-29-20(17)24-25-26-29/h2-3,10,19,30H,4-9,11-13H2,1H3. The Morgan fingerprint density at radius 3 is 2.73 bits per heavy atom. The van der Waals surface area contributed by atoms with Gasteiger partial charge in [0.25, 0.3) is 0 Å². The molecule has 33 heavy (non-hydrogen) atoms. The maximum Gasteiger partial charge on any atom is 0.336 e. The Balaban J connectivity index is 1.09. The van der Waals surface area contributed by atoms with Crippen molar-refractivity contribution in [1.82, 2.24) is 30.0 Å². The predicted molar refractivity (Wildman–Crippen MR) is 115 cm³/mol. The van der Waals surface area contributed by atoms with Crippen molar-refractivity contribution in [3.8, 4) is 11.4 Å². The Morgan fingerprint density at radius 1 is 1.18 bits per heavy atom. The van der Waals surface area contributed by atoms with Gasteiger partial charge in [0.05, 0.1) is 29.3 Å². The first-order chi connectivity index (χ1) is 15.9. The predicted octanol–water partition coefficient (Wildman–Crippen LogP) is 0.880. The van der Waals surface area contributed by atoms with E-state index in [0.29, 0.717) is 25.2 Å². The van der Waals surface area contributed by atoms with E-state index in [0.717, 1.165) is 60.6 Å². The summed E-state index contributed by atoms with van der Waals surface area (Å²) in [5, 5.41) is 22.6. The highest BCUT2D eigenvalue weighted by Crippen LogP contribution is 2.44. The Bertz CT molecular complexity index is 1180. The van der Waals surface area contributed by atoms with Crippen molar-refractivity contribution in [2.24, 2.45) is 5.41 Å². The summed E-state index contributed by atoms with van der Waals surface area (Å²) in [5.41, 5.74) is 3.89. The third-order valence-electron chi connectivity index (χ3n) is 7.77. The summed E-state index contributed by atoms with van der Waals surface area (Å²) < 4.78 is 6.87. The molecule has 172 valence electrons. The number of piperidine rings is 1. The lowest BCUT2D eigenvalue weighted by molar-refractivity contribution is -0.138. The van der Waals surface area contributed by atoms with Gasteiger partial charge in [-0.05, 0) is 60.8 Å². The molecule has 10 heteroatoms. The fraction of sp³-hybridized carbons (Fsp3) is 0.522. The van der Waals surface area contributed by atoms with E-state index in [-0.39, 0.29) is 23.9 Å². The van der Waals surface area contributed by atoms with E-state index in [1.165, 1.54) is 0 Å². The van der Waals surface area contributed by atoms with Gasteiger partial charge in [-0.1, -0.05) is 18.2 Å². The van der Waals surface area contributed by atoms with Crippen molar-refractivity contribution in [2.45, 2.75) is 38.8 Å². The molecule has 5 heterocycles. The van der Waals surface area contributed by atoms with Crippen molar-refractivity contribution in [2.75, 3.05) is 32.8 Å². The number of rotatable bonds is 4. The number of ether oxygens (including phenoxy) is 1. The van der Waals surface area contributed by atoms with Gasteiger partial charge in [-0.25, -0.2) is 9.48 Å². The number of aliphatic hydroxyl groups is 1. The van der Waals surface area contributed by atoms with Crippen LogP contribution in [-0.4, -0.2) is 79.8 Å². The normalized spacial score (nSPS) is 22.8. The number of esters is 1. The van der Waals surface area contributed by atoms with Crippen LogP contribution in [0.15, 0.2) is 29.5 Å². The summed E-state index contributed by atoms with van der Waals surface area (Å²) in [7, 11) is 0. The highest BCUT2D eigenvalue weighted by molar-refractivity contribution is 5.94. The zero-order valence-electron chi connectivity index (χ0n) is 18.5. The van der Waals surface area contributed by atoms with Crippen LogP contribution in [0.5, 0.6) is 0 Å². The van der Waals surface area contributed by atoms with E-state index in [4.69, 9.17) is 4.74 Å². The first-order valence-corrected chi connectivity index (χ1v) is 11.4. The minimum atomic E-state index is -0.603. The minimum Gasteiger partial charge on any atom is -0.456 e. The smallest absolute Gasteiger partial charge is 0.336 e. The van der Waals surface area contributed by atoms with Crippen molar-refractivity contribution in [3.05, 3.63) is 40.6 Å². The third kappa shape index (κ3) is 3.19. The maximum atomic E-state index is 13.3. The molecule has 10 nitrogen and oxygen atoms in total. The number of cyclic esters (lactones) is 1. The topological polar surface area (TPSA) is 114 Å². The van der Waals surface area contributed by atoms with Crippen LogP contribution in [0, 0.1) is 5.41 Å². The van der Waals surface area contributed by atoms with Gasteiger partial charge in [-0.2, -0.15) is 0 Å². The minimum absolute atomic E-state index is 0.120. The van der Waals surface area contributed by atoms with E-state index >= 15 is 0 Å². The number of nitrogens with zero attached hydrogens (tertiary/aromatic N) is 6. The number of hydrogen-bond donors (Lipinski definition) is 1. The van der Waals surface area contributed by atoms with Crippen molar-refractivity contribution in [1.29, 1.82) is 0 Å². The molecule has 4 aliphatic rings. The fourth-order valence-corrected chi connectivity index (χ4v) is 5.64. The molecule has 0 aliphatic carbocycles. The van der Waals surface area contributed by atoms with Gasteiger partial charge in [-0.3, -0.25) is 4.79 Å². The van der Waals surface area contributed by atoms with E-state index in [9.17, 15) is 14.7 Å². The van der Waals surface area contributed by atoms with Crippen LogP contribution < -0.4 is 0 Å². The highest BCUT2D eigenvalue weighted by Gasteiger charge is 2.50.